The number of halogens is 3. The molecule has 0 bridgehead atoms. The Labute approximate surface area is 127 Å². The molecule has 0 aromatic heterocycles. The van der Waals surface area contributed by atoms with Gasteiger partial charge < -0.3 is 10.6 Å². The average molecular weight is 312 g/mol. The molecule has 1 aliphatic carbocycles. The third-order valence-electron chi connectivity index (χ3n) is 4.87. The second-order valence-electron chi connectivity index (χ2n) is 6.29. The highest BCUT2D eigenvalue weighted by Gasteiger charge is 2.41. The number of amides is 1. The SMILES string of the molecule is O=C(NCC1(c2cccc(C(F)(F)F)c2)CCC1)C1CNC1. The number of carbonyl (C=O) groups is 1. The second-order valence-corrected chi connectivity index (χ2v) is 6.29. The molecule has 2 fully saturated rings. The van der Waals surface area contributed by atoms with Crippen molar-refractivity contribution in [2.24, 2.45) is 5.92 Å². The minimum Gasteiger partial charge on any atom is -0.355 e. The number of carbonyl (C=O) groups excluding carboxylic acids is 1. The van der Waals surface area contributed by atoms with Crippen LogP contribution in [-0.4, -0.2) is 25.5 Å². The summed E-state index contributed by atoms with van der Waals surface area (Å²) in [5.41, 5.74) is -0.278. The summed E-state index contributed by atoms with van der Waals surface area (Å²) < 4.78 is 38.6. The molecule has 1 aromatic rings. The van der Waals surface area contributed by atoms with Crippen LogP contribution in [0.3, 0.4) is 0 Å². The topological polar surface area (TPSA) is 41.1 Å². The summed E-state index contributed by atoms with van der Waals surface area (Å²) in [4.78, 5) is 11.9. The van der Waals surface area contributed by atoms with Gasteiger partial charge in [-0.3, -0.25) is 4.79 Å². The molecule has 3 nitrogen and oxygen atoms in total. The van der Waals surface area contributed by atoms with E-state index in [1.165, 1.54) is 12.1 Å². The van der Waals surface area contributed by atoms with E-state index in [0.717, 1.165) is 25.3 Å². The second kappa shape index (κ2) is 5.57. The third kappa shape index (κ3) is 2.84. The smallest absolute Gasteiger partial charge is 0.355 e. The lowest BCUT2D eigenvalue weighted by molar-refractivity contribution is -0.137. The van der Waals surface area contributed by atoms with Crippen molar-refractivity contribution < 1.29 is 18.0 Å². The largest absolute Gasteiger partial charge is 0.416 e. The zero-order valence-corrected chi connectivity index (χ0v) is 12.2. The summed E-state index contributed by atoms with van der Waals surface area (Å²) in [6.45, 7) is 1.79. The predicted octanol–water partition coefficient (Wildman–Crippen LogP) is 2.46. The van der Waals surface area contributed by atoms with Gasteiger partial charge in [0.1, 0.15) is 0 Å². The first-order valence-electron chi connectivity index (χ1n) is 7.57. The first-order valence-corrected chi connectivity index (χ1v) is 7.57. The van der Waals surface area contributed by atoms with E-state index in [1.807, 2.05) is 0 Å². The van der Waals surface area contributed by atoms with Gasteiger partial charge in [0.2, 0.25) is 5.91 Å². The van der Waals surface area contributed by atoms with Crippen LogP contribution in [0.15, 0.2) is 24.3 Å². The summed E-state index contributed by atoms with van der Waals surface area (Å²) >= 11 is 0. The van der Waals surface area contributed by atoms with Gasteiger partial charge in [0.15, 0.2) is 0 Å². The van der Waals surface area contributed by atoms with E-state index in [0.29, 0.717) is 25.2 Å². The quantitative estimate of drug-likeness (QED) is 0.897. The zero-order valence-electron chi connectivity index (χ0n) is 12.2. The van der Waals surface area contributed by atoms with Gasteiger partial charge in [-0.15, -0.1) is 0 Å². The number of benzene rings is 1. The van der Waals surface area contributed by atoms with Crippen molar-refractivity contribution in [1.29, 1.82) is 0 Å². The summed E-state index contributed by atoms with van der Waals surface area (Å²) in [5, 5.41) is 5.96. The molecule has 1 aliphatic heterocycles. The Morgan fingerprint density at radius 1 is 1.32 bits per heavy atom. The van der Waals surface area contributed by atoms with Crippen LogP contribution >= 0.6 is 0 Å². The third-order valence-corrected chi connectivity index (χ3v) is 4.87. The molecular formula is C16H19F3N2O. The molecule has 1 amide bonds. The fourth-order valence-corrected chi connectivity index (χ4v) is 3.07. The van der Waals surface area contributed by atoms with Crippen molar-refractivity contribution in [2.75, 3.05) is 19.6 Å². The van der Waals surface area contributed by atoms with Crippen LogP contribution in [0.5, 0.6) is 0 Å². The van der Waals surface area contributed by atoms with Crippen LogP contribution < -0.4 is 10.6 Å². The highest BCUT2D eigenvalue weighted by Crippen LogP contribution is 2.44. The number of hydrogen-bond donors (Lipinski definition) is 2. The maximum atomic E-state index is 12.9. The molecule has 1 heterocycles. The van der Waals surface area contributed by atoms with E-state index in [1.54, 1.807) is 6.07 Å². The van der Waals surface area contributed by atoms with Gasteiger partial charge in [-0.05, 0) is 24.5 Å². The molecular weight excluding hydrogens is 293 g/mol. The Balaban J connectivity index is 1.73. The van der Waals surface area contributed by atoms with Crippen LogP contribution in [-0.2, 0) is 16.4 Å². The van der Waals surface area contributed by atoms with Gasteiger partial charge in [0, 0.05) is 25.0 Å². The van der Waals surface area contributed by atoms with E-state index in [9.17, 15) is 18.0 Å². The molecule has 6 heteroatoms. The van der Waals surface area contributed by atoms with Crippen molar-refractivity contribution in [3.63, 3.8) is 0 Å². The lowest BCUT2D eigenvalue weighted by Crippen LogP contribution is -2.54. The molecule has 1 aromatic carbocycles. The van der Waals surface area contributed by atoms with Gasteiger partial charge >= 0.3 is 6.18 Å². The van der Waals surface area contributed by atoms with E-state index < -0.39 is 11.7 Å². The molecule has 1 saturated carbocycles. The molecule has 3 rings (SSSR count). The fourth-order valence-electron chi connectivity index (χ4n) is 3.07. The van der Waals surface area contributed by atoms with Crippen molar-refractivity contribution in [1.82, 2.24) is 10.6 Å². The average Bonchev–Trinajstić information content (AvgIpc) is 2.35. The molecule has 0 unspecified atom stereocenters. The predicted molar refractivity (Wildman–Crippen MR) is 76.3 cm³/mol. The minimum absolute atomic E-state index is 0.00126. The Morgan fingerprint density at radius 2 is 2.05 bits per heavy atom. The van der Waals surface area contributed by atoms with E-state index >= 15 is 0 Å². The highest BCUT2D eigenvalue weighted by molar-refractivity contribution is 5.80. The molecule has 22 heavy (non-hydrogen) atoms. The highest BCUT2D eigenvalue weighted by atomic mass is 19.4. The van der Waals surface area contributed by atoms with Crippen molar-refractivity contribution in [3.8, 4) is 0 Å². The molecule has 0 spiro atoms. The monoisotopic (exact) mass is 312 g/mol. The van der Waals surface area contributed by atoms with E-state index in [-0.39, 0.29) is 17.2 Å². The van der Waals surface area contributed by atoms with Crippen LogP contribution in [0.25, 0.3) is 0 Å². The maximum absolute atomic E-state index is 12.9. The van der Waals surface area contributed by atoms with Gasteiger partial charge in [-0.2, -0.15) is 13.2 Å². The van der Waals surface area contributed by atoms with Gasteiger partial charge in [0.05, 0.1) is 11.5 Å². The van der Waals surface area contributed by atoms with Gasteiger partial charge in [-0.1, -0.05) is 24.6 Å². The number of hydrogen-bond acceptors (Lipinski definition) is 2. The van der Waals surface area contributed by atoms with Gasteiger partial charge in [-0.25, -0.2) is 0 Å². The number of rotatable bonds is 4. The van der Waals surface area contributed by atoms with Crippen LogP contribution in [0.1, 0.15) is 30.4 Å². The lowest BCUT2D eigenvalue weighted by Gasteiger charge is -2.43. The van der Waals surface area contributed by atoms with E-state index in [4.69, 9.17) is 0 Å². The number of alkyl halides is 3. The van der Waals surface area contributed by atoms with Crippen LogP contribution in [0, 0.1) is 5.92 Å². The fraction of sp³-hybridized carbons (Fsp3) is 0.562. The van der Waals surface area contributed by atoms with Crippen molar-refractivity contribution in [3.05, 3.63) is 35.4 Å². The van der Waals surface area contributed by atoms with Crippen molar-refractivity contribution >= 4 is 5.91 Å². The maximum Gasteiger partial charge on any atom is 0.416 e. The number of nitrogens with one attached hydrogen (secondary N) is 2. The van der Waals surface area contributed by atoms with Crippen molar-refractivity contribution in [2.45, 2.75) is 30.9 Å². The summed E-state index contributed by atoms with van der Waals surface area (Å²) in [7, 11) is 0. The van der Waals surface area contributed by atoms with Gasteiger partial charge in [0.25, 0.3) is 0 Å². The molecule has 2 aliphatic rings. The van der Waals surface area contributed by atoms with Crippen LogP contribution in [0.2, 0.25) is 0 Å². The first kappa shape index (κ1) is 15.3. The Bertz CT molecular complexity index is 563. The molecule has 120 valence electrons. The molecule has 1 saturated heterocycles. The van der Waals surface area contributed by atoms with Crippen LogP contribution in [0.4, 0.5) is 13.2 Å². The standard InChI is InChI=1S/C16H19F3N2O/c17-16(18,19)13-4-1-3-12(7-13)15(5-2-6-15)10-21-14(22)11-8-20-9-11/h1,3-4,7,11,20H,2,5-6,8-10H2,(H,21,22). The minimum atomic E-state index is -4.33. The molecule has 0 radical (unpaired) electrons. The lowest BCUT2D eigenvalue weighted by atomic mass is 9.64. The molecule has 2 N–H and O–H groups in total. The normalized spacial score (nSPS) is 20.9. The summed E-state index contributed by atoms with van der Waals surface area (Å²) in [6, 6.07) is 5.52. The first-order chi connectivity index (χ1) is 10.4. The zero-order chi connectivity index (χ0) is 15.8. The Kier molecular flexibility index (Phi) is 3.89. The Morgan fingerprint density at radius 3 is 2.55 bits per heavy atom. The molecule has 0 atom stereocenters. The summed E-state index contributed by atoms with van der Waals surface area (Å²) in [5.74, 6) is -0.00404. The van der Waals surface area contributed by atoms with E-state index in [2.05, 4.69) is 10.6 Å². The summed E-state index contributed by atoms with van der Waals surface area (Å²) in [6.07, 6.45) is -1.71. The Hall–Kier alpha value is -1.56.